The first-order valence-electron chi connectivity index (χ1n) is 15.6. The van der Waals surface area contributed by atoms with Crippen molar-refractivity contribution in [1.29, 1.82) is 0 Å². The topological polar surface area (TPSA) is 61.9 Å². The van der Waals surface area contributed by atoms with Crippen LogP contribution in [-0.4, -0.2) is 73.3 Å². The van der Waals surface area contributed by atoms with E-state index in [0.717, 1.165) is 50.2 Å². The van der Waals surface area contributed by atoms with Gasteiger partial charge in [-0.25, -0.2) is 8.78 Å². The van der Waals surface area contributed by atoms with Gasteiger partial charge in [0, 0.05) is 56.8 Å². The summed E-state index contributed by atoms with van der Waals surface area (Å²) in [6, 6.07) is 17.9. The average molecular weight is 616 g/mol. The Kier molecular flexibility index (Phi) is 9.79. The number of nitrogens with one attached hydrogen (secondary N) is 1. The zero-order valence-electron chi connectivity index (χ0n) is 25.0. The highest BCUT2D eigenvalue weighted by Gasteiger charge is 2.51. The minimum absolute atomic E-state index is 0. The van der Waals surface area contributed by atoms with Crippen molar-refractivity contribution in [3.63, 3.8) is 0 Å². The lowest BCUT2D eigenvalue weighted by Gasteiger charge is -2.45. The van der Waals surface area contributed by atoms with Crippen LogP contribution < -0.4 is 10.1 Å². The normalized spacial score (nSPS) is 26.3. The summed E-state index contributed by atoms with van der Waals surface area (Å²) >= 11 is 0. The lowest BCUT2D eigenvalue weighted by Crippen LogP contribution is -2.55. The number of benzene rings is 2. The second-order valence-electron chi connectivity index (χ2n) is 13.0. The van der Waals surface area contributed by atoms with Crippen LogP contribution in [0.5, 0.6) is 5.75 Å². The van der Waals surface area contributed by atoms with Crippen LogP contribution in [-0.2, 0) is 16.1 Å². The molecule has 4 aliphatic rings. The largest absolute Gasteiger partial charge is 0.497 e. The molecule has 1 amide bonds. The van der Waals surface area contributed by atoms with Gasteiger partial charge in [-0.2, -0.15) is 0 Å². The molecule has 3 atom stereocenters. The maximum Gasteiger partial charge on any atom is 0.248 e. The van der Waals surface area contributed by atoms with Crippen molar-refractivity contribution in [3.05, 3.63) is 65.7 Å². The van der Waals surface area contributed by atoms with Gasteiger partial charge in [-0.3, -0.25) is 14.5 Å². The second-order valence-corrected chi connectivity index (χ2v) is 13.0. The first-order chi connectivity index (χ1) is 20.3. The molecule has 0 bridgehead atoms. The number of carbonyl (C=O) groups is 2. The number of hydrogen-bond acceptors (Lipinski definition) is 5. The van der Waals surface area contributed by atoms with E-state index in [2.05, 4.69) is 22.3 Å². The Morgan fingerprint density at radius 1 is 0.953 bits per heavy atom. The Balaban J connectivity index is 0.00000368. The highest BCUT2D eigenvalue weighted by molar-refractivity contribution is 5.87. The summed E-state index contributed by atoms with van der Waals surface area (Å²) < 4.78 is 33.3. The van der Waals surface area contributed by atoms with E-state index in [1.165, 1.54) is 5.56 Å². The van der Waals surface area contributed by atoms with Crippen molar-refractivity contribution < 1.29 is 23.1 Å². The van der Waals surface area contributed by atoms with E-state index in [0.29, 0.717) is 19.6 Å². The SMILES string of the molecule is COc1ccc(CN2CCC3(CCN(C(C(=O)C4CCC(F)(F)CC4)[C@@H]4CNC[C@@H]4c4ccccc4)CC3)C2=O)cc1.Cl. The van der Waals surface area contributed by atoms with E-state index in [4.69, 9.17) is 4.74 Å². The van der Waals surface area contributed by atoms with Crippen LogP contribution >= 0.6 is 12.4 Å². The summed E-state index contributed by atoms with van der Waals surface area (Å²) in [5.41, 5.74) is 1.92. The fourth-order valence-electron chi connectivity index (χ4n) is 8.01. The summed E-state index contributed by atoms with van der Waals surface area (Å²) in [7, 11) is 1.64. The van der Waals surface area contributed by atoms with Gasteiger partial charge in [0.15, 0.2) is 5.78 Å². The van der Waals surface area contributed by atoms with Gasteiger partial charge in [-0.1, -0.05) is 42.5 Å². The number of amides is 1. The zero-order chi connectivity index (χ0) is 29.3. The van der Waals surface area contributed by atoms with E-state index in [1.807, 2.05) is 47.4 Å². The summed E-state index contributed by atoms with van der Waals surface area (Å²) in [6.45, 7) is 4.23. The van der Waals surface area contributed by atoms with Gasteiger partial charge in [0.2, 0.25) is 11.8 Å². The number of Topliss-reactive ketones (excluding diaryl/α,β-unsaturated/α-hetero) is 1. The molecule has 0 radical (unpaired) electrons. The number of methoxy groups -OCH3 is 1. The summed E-state index contributed by atoms with van der Waals surface area (Å²) in [5.74, 6) is -1.57. The lowest BCUT2D eigenvalue weighted by atomic mass is 9.72. The molecular formula is C34H44ClF2N3O3. The van der Waals surface area contributed by atoms with Crippen LogP contribution in [0, 0.1) is 17.3 Å². The number of piperidine rings is 1. The third-order valence-electron chi connectivity index (χ3n) is 10.6. The standard InChI is InChI=1S/C34H43F2N3O3.ClH/c1-42-27-9-7-24(8-10-27)23-39-20-17-33(32(39)41)15-18-38(19-16-33)30(31(40)26-11-13-34(35,36)14-12-26)29-22-37-21-28(29)25-5-3-2-4-6-25;/h2-10,26,28-30,37H,11-23H2,1H3;1H/t28-,29-,30?;/m1./s1. The minimum atomic E-state index is -2.66. The van der Waals surface area contributed by atoms with Crippen LogP contribution in [0.2, 0.25) is 0 Å². The molecule has 0 aromatic heterocycles. The van der Waals surface area contributed by atoms with E-state index in [9.17, 15) is 18.4 Å². The minimum Gasteiger partial charge on any atom is -0.497 e. The monoisotopic (exact) mass is 615 g/mol. The van der Waals surface area contributed by atoms with Crippen molar-refractivity contribution in [2.75, 3.05) is 39.8 Å². The zero-order valence-corrected chi connectivity index (χ0v) is 25.8. The Labute approximate surface area is 259 Å². The maximum atomic E-state index is 14.3. The van der Waals surface area contributed by atoms with E-state index < -0.39 is 5.92 Å². The van der Waals surface area contributed by atoms with Crippen LogP contribution in [0.15, 0.2) is 54.6 Å². The summed E-state index contributed by atoms with van der Waals surface area (Å²) in [4.78, 5) is 32.3. The highest BCUT2D eigenvalue weighted by Crippen LogP contribution is 2.45. The number of likely N-dealkylation sites (tertiary alicyclic amines) is 2. The number of alkyl halides is 2. The van der Waals surface area contributed by atoms with Crippen molar-refractivity contribution >= 4 is 24.1 Å². The number of hydrogen-bond donors (Lipinski definition) is 1. The maximum absolute atomic E-state index is 14.3. The van der Waals surface area contributed by atoms with Crippen molar-refractivity contribution in [2.45, 2.75) is 69.4 Å². The fourth-order valence-corrected chi connectivity index (χ4v) is 8.01. The molecule has 234 valence electrons. The first kappa shape index (κ1) is 31.9. The van der Waals surface area contributed by atoms with Crippen molar-refractivity contribution in [2.24, 2.45) is 17.3 Å². The van der Waals surface area contributed by atoms with E-state index in [-0.39, 0.29) is 79.0 Å². The van der Waals surface area contributed by atoms with Crippen molar-refractivity contribution in [1.82, 2.24) is 15.1 Å². The molecule has 3 saturated heterocycles. The second kappa shape index (κ2) is 13.2. The van der Waals surface area contributed by atoms with Gasteiger partial charge in [0.05, 0.1) is 18.6 Å². The average Bonchev–Trinajstić information content (AvgIpc) is 3.60. The van der Waals surface area contributed by atoms with Crippen molar-refractivity contribution in [3.8, 4) is 5.75 Å². The van der Waals surface area contributed by atoms with Gasteiger partial charge < -0.3 is 15.0 Å². The van der Waals surface area contributed by atoms with Gasteiger partial charge >= 0.3 is 0 Å². The molecule has 4 fully saturated rings. The molecule has 3 aliphatic heterocycles. The van der Waals surface area contributed by atoms with Crippen LogP contribution in [0.3, 0.4) is 0 Å². The molecule has 2 aromatic rings. The van der Waals surface area contributed by atoms with Gasteiger partial charge in [0.1, 0.15) is 5.75 Å². The molecule has 6 rings (SSSR count). The molecule has 43 heavy (non-hydrogen) atoms. The number of nitrogens with zero attached hydrogens (tertiary/aromatic N) is 2. The molecule has 1 N–H and O–H groups in total. The van der Waals surface area contributed by atoms with Gasteiger partial charge in [-0.15, -0.1) is 12.4 Å². The molecular weight excluding hydrogens is 572 g/mol. The van der Waals surface area contributed by atoms with Crippen LogP contribution in [0.4, 0.5) is 8.78 Å². The quantitative estimate of drug-likeness (QED) is 0.413. The Morgan fingerprint density at radius 3 is 2.26 bits per heavy atom. The third kappa shape index (κ3) is 6.62. The predicted molar refractivity (Wildman–Crippen MR) is 165 cm³/mol. The summed E-state index contributed by atoms with van der Waals surface area (Å²) in [5, 5.41) is 3.54. The smallest absolute Gasteiger partial charge is 0.248 e. The summed E-state index contributed by atoms with van der Waals surface area (Å²) in [6.07, 6.45) is 2.40. The molecule has 1 spiro atoms. The van der Waals surface area contributed by atoms with E-state index >= 15 is 0 Å². The number of carbonyl (C=O) groups excluding carboxylic acids is 2. The molecule has 1 unspecified atom stereocenters. The third-order valence-corrected chi connectivity index (χ3v) is 10.6. The first-order valence-corrected chi connectivity index (χ1v) is 15.6. The molecule has 3 heterocycles. The number of ether oxygens (including phenoxy) is 1. The van der Waals surface area contributed by atoms with Gasteiger partial charge in [-0.05, 0) is 68.5 Å². The number of ketones is 1. The Morgan fingerprint density at radius 2 is 1.60 bits per heavy atom. The lowest BCUT2D eigenvalue weighted by molar-refractivity contribution is -0.141. The fraction of sp³-hybridized carbons (Fsp3) is 0.588. The molecule has 1 aliphatic carbocycles. The molecule has 1 saturated carbocycles. The molecule has 6 nitrogen and oxygen atoms in total. The Hall–Kier alpha value is -2.55. The highest BCUT2D eigenvalue weighted by atomic mass is 35.5. The Bertz CT molecular complexity index is 1240. The van der Waals surface area contributed by atoms with Gasteiger partial charge in [0.25, 0.3) is 0 Å². The number of halogens is 3. The van der Waals surface area contributed by atoms with Crippen LogP contribution in [0.1, 0.15) is 62.0 Å². The van der Waals surface area contributed by atoms with E-state index in [1.54, 1.807) is 7.11 Å². The molecule has 2 aromatic carbocycles. The number of rotatable bonds is 8. The molecule has 9 heteroatoms. The predicted octanol–water partition coefficient (Wildman–Crippen LogP) is 5.70. The van der Waals surface area contributed by atoms with Crippen LogP contribution in [0.25, 0.3) is 0 Å².